The Kier molecular flexibility index (Phi) is 5.74. The summed E-state index contributed by atoms with van der Waals surface area (Å²) in [6, 6.07) is 4.76. The fraction of sp³-hybridized carbons (Fsp3) is 0.278. The number of methoxy groups -OCH3 is 1. The Morgan fingerprint density at radius 3 is 2.15 bits per heavy atom. The van der Waals surface area contributed by atoms with E-state index in [4.69, 9.17) is 4.74 Å². The number of nitro benzene ring substituents is 1. The molecule has 0 unspecified atom stereocenters. The molecule has 0 fully saturated rings. The predicted octanol–water partition coefficient (Wildman–Crippen LogP) is 2.38. The van der Waals surface area contributed by atoms with Gasteiger partial charge in [-0.05, 0) is 26.0 Å². The van der Waals surface area contributed by atoms with Crippen LogP contribution < -0.4 is 0 Å². The first-order valence-corrected chi connectivity index (χ1v) is 7.86. The lowest BCUT2D eigenvalue weighted by Crippen LogP contribution is -2.16. The Hall–Kier alpha value is -3.49. The number of hydrogen-bond acceptors (Lipinski definition) is 7. The molecule has 0 saturated carbocycles. The van der Waals surface area contributed by atoms with Crippen molar-refractivity contribution >= 4 is 23.4 Å². The van der Waals surface area contributed by atoms with Gasteiger partial charge in [-0.2, -0.15) is 0 Å². The molecule has 0 bridgehead atoms. The molecule has 9 heteroatoms. The van der Waals surface area contributed by atoms with Crippen molar-refractivity contribution in [2.45, 2.75) is 13.8 Å². The van der Waals surface area contributed by atoms with Gasteiger partial charge >= 0.3 is 11.9 Å². The maximum atomic E-state index is 12.3. The van der Waals surface area contributed by atoms with Gasteiger partial charge in [0.2, 0.25) is 5.78 Å². The van der Waals surface area contributed by atoms with Crippen molar-refractivity contribution in [1.29, 1.82) is 0 Å². The number of benzene rings is 1. The van der Waals surface area contributed by atoms with Crippen molar-refractivity contribution < 1.29 is 28.8 Å². The highest BCUT2D eigenvalue weighted by atomic mass is 16.6. The molecule has 0 aliphatic heterocycles. The van der Waals surface area contributed by atoms with Gasteiger partial charge < -0.3 is 14.0 Å². The van der Waals surface area contributed by atoms with E-state index in [0.29, 0.717) is 5.56 Å². The van der Waals surface area contributed by atoms with Crippen LogP contribution in [0.3, 0.4) is 0 Å². The van der Waals surface area contributed by atoms with E-state index in [-0.39, 0.29) is 11.1 Å². The van der Waals surface area contributed by atoms with Gasteiger partial charge in [0.1, 0.15) is 0 Å². The quantitative estimate of drug-likeness (QED) is 0.330. The third kappa shape index (κ3) is 4.20. The molecule has 0 atom stereocenters. The number of hydrogen-bond donors (Lipinski definition) is 0. The molecular formula is C18H18N2O7. The Bertz CT molecular complexity index is 943. The van der Waals surface area contributed by atoms with E-state index in [1.165, 1.54) is 0 Å². The summed E-state index contributed by atoms with van der Waals surface area (Å²) >= 11 is 0. The number of non-ortho nitro benzene ring substituents is 1. The lowest BCUT2D eigenvalue weighted by atomic mass is 10.1. The van der Waals surface area contributed by atoms with Gasteiger partial charge in [0, 0.05) is 36.1 Å². The molecule has 2 rings (SSSR count). The lowest BCUT2D eigenvalue weighted by Gasteiger charge is -2.06. The van der Waals surface area contributed by atoms with Crippen LogP contribution in [-0.2, 0) is 16.5 Å². The molecule has 2 aromatic rings. The second-order valence-corrected chi connectivity index (χ2v) is 5.86. The van der Waals surface area contributed by atoms with Gasteiger partial charge in [0.05, 0.1) is 23.2 Å². The van der Waals surface area contributed by atoms with E-state index in [2.05, 4.69) is 4.74 Å². The largest absolute Gasteiger partial charge is 0.465 e. The van der Waals surface area contributed by atoms with E-state index >= 15 is 0 Å². The zero-order valence-electron chi connectivity index (χ0n) is 15.3. The molecule has 1 aromatic heterocycles. The maximum Gasteiger partial charge on any atom is 0.338 e. The summed E-state index contributed by atoms with van der Waals surface area (Å²) in [5, 5.41) is 11.0. The minimum absolute atomic E-state index is 0.167. The number of ether oxygens (including phenoxy) is 2. The van der Waals surface area contributed by atoms with Gasteiger partial charge in [0.25, 0.3) is 5.69 Å². The molecule has 9 nitrogen and oxygen atoms in total. The highest BCUT2D eigenvalue weighted by molar-refractivity contribution is 6.01. The number of esters is 2. The number of nitrogens with zero attached hydrogens (tertiary/aromatic N) is 2. The van der Waals surface area contributed by atoms with Crippen molar-refractivity contribution in [3.63, 3.8) is 0 Å². The molecular weight excluding hydrogens is 356 g/mol. The van der Waals surface area contributed by atoms with Crippen LogP contribution in [0.4, 0.5) is 5.69 Å². The second kappa shape index (κ2) is 7.81. The lowest BCUT2D eigenvalue weighted by molar-refractivity contribution is -0.384. The van der Waals surface area contributed by atoms with Crippen LogP contribution in [0, 0.1) is 24.0 Å². The monoisotopic (exact) mass is 374 g/mol. The zero-order chi connectivity index (χ0) is 20.3. The zero-order valence-corrected chi connectivity index (χ0v) is 15.3. The van der Waals surface area contributed by atoms with Crippen LogP contribution in [0.15, 0.2) is 24.3 Å². The van der Waals surface area contributed by atoms with Crippen molar-refractivity contribution in [3.8, 4) is 0 Å². The molecule has 142 valence electrons. The third-order valence-electron chi connectivity index (χ3n) is 4.20. The molecule has 1 heterocycles. The molecule has 0 aliphatic rings. The maximum absolute atomic E-state index is 12.3. The summed E-state index contributed by atoms with van der Waals surface area (Å²) in [5.41, 5.74) is 1.18. The number of carbonyl (C=O) groups is 3. The van der Waals surface area contributed by atoms with Gasteiger partial charge in [-0.25, -0.2) is 9.59 Å². The minimum Gasteiger partial charge on any atom is -0.465 e. The summed E-state index contributed by atoms with van der Waals surface area (Å²) in [6.07, 6.45) is 0. The van der Waals surface area contributed by atoms with Crippen molar-refractivity contribution in [2.75, 3.05) is 13.7 Å². The van der Waals surface area contributed by atoms with E-state index in [0.717, 1.165) is 36.7 Å². The SMILES string of the molecule is COC(=O)c1cc(C(=O)OCC(=O)c2cc(C)n(C)c2C)cc([N+](=O)[O-])c1. The third-order valence-corrected chi connectivity index (χ3v) is 4.20. The Morgan fingerprint density at radius 1 is 1.07 bits per heavy atom. The number of ketones is 1. The number of aromatic nitrogens is 1. The van der Waals surface area contributed by atoms with Crippen LogP contribution in [-0.4, -0.2) is 40.9 Å². The average molecular weight is 374 g/mol. The summed E-state index contributed by atoms with van der Waals surface area (Å²) in [7, 11) is 2.92. The normalized spacial score (nSPS) is 10.4. The highest BCUT2D eigenvalue weighted by Crippen LogP contribution is 2.19. The van der Waals surface area contributed by atoms with Crippen LogP contribution in [0.25, 0.3) is 0 Å². The van der Waals surface area contributed by atoms with Crippen LogP contribution in [0.1, 0.15) is 42.5 Å². The Labute approximate surface area is 154 Å². The van der Waals surface area contributed by atoms with Crippen LogP contribution >= 0.6 is 0 Å². The number of aryl methyl sites for hydroxylation is 1. The number of Topliss-reactive ketones (excluding diaryl/α,β-unsaturated/α-hetero) is 1. The van der Waals surface area contributed by atoms with Crippen LogP contribution in [0.5, 0.6) is 0 Å². The Balaban J connectivity index is 2.21. The highest BCUT2D eigenvalue weighted by Gasteiger charge is 2.21. The molecule has 0 aliphatic carbocycles. The first kappa shape index (κ1) is 19.8. The summed E-state index contributed by atoms with van der Waals surface area (Å²) < 4.78 is 11.3. The van der Waals surface area contributed by atoms with Gasteiger partial charge in [-0.3, -0.25) is 14.9 Å². The average Bonchev–Trinajstić information content (AvgIpc) is 2.92. The van der Waals surface area contributed by atoms with E-state index < -0.39 is 34.9 Å². The number of nitro groups is 1. The molecule has 0 spiro atoms. The first-order valence-electron chi connectivity index (χ1n) is 7.86. The second-order valence-electron chi connectivity index (χ2n) is 5.86. The molecule has 0 saturated heterocycles. The molecule has 27 heavy (non-hydrogen) atoms. The van der Waals surface area contributed by atoms with E-state index in [9.17, 15) is 24.5 Å². The first-order chi connectivity index (χ1) is 12.6. The number of carbonyl (C=O) groups excluding carboxylic acids is 3. The summed E-state index contributed by atoms with van der Waals surface area (Å²) in [4.78, 5) is 46.4. The van der Waals surface area contributed by atoms with Crippen molar-refractivity contribution in [1.82, 2.24) is 4.57 Å². The summed E-state index contributed by atoms with van der Waals surface area (Å²) in [5.74, 6) is -2.19. The smallest absolute Gasteiger partial charge is 0.338 e. The van der Waals surface area contributed by atoms with E-state index in [1.54, 1.807) is 13.0 Å². The fourth-order valence-electron chi connectivity index (χ4n) is 2.50. The van der Waals surface area contributed by atoms with Gasteiger partial charge in [0.15, 0.2) is 6.61 Å². The molecule has 0 radical (unpaired) electrons. The van der Waals surface area contributed by atoms with Crippen molar-refractivity contribution in [2.24, 2.45) is 7.05 Å². The van der Waals surface area contributed by atoms with Crippen LogP contribution in [0.2, 0.25) is 0 Å². The predicted molar refractivity (Wildman–Crippen MR) is 93.9 cm³/mol. The summed E-state index contributed by atoms with van der Waals surface area (Å²) in [6.45, 7) is 3.08. The molecule has 1 aromatic carbocycles. The minimum atomic E-state index is -0.956. The standard InChI is InChI=1S/C18H18N2O7/c1-10-5-15(11(2)19(10)3)16(21)9-27-18(23)13-6-12(17(22)26-4)7-14(8-13)20(24)25/h5-8H,9H2,1-4H3. The van der Waals surface area contributed by atoms with Gasteiger partial charge in [-0.1, -0.05) is 0 Å². The fourth-order valence-corrected chi connectivity index (χ4v) is 2.50. The van der Waals surface area contributed by atoms with E-state index in [1.807, 2.05) is 18.5 Å². The van der Waals surface area contributed by atoms with Gasteiger partial charge in [-0.15, -0.1) is 0 Å². The topological polar surface area (TPSA) is 118 Å². The molecule has 0 amide bonds. The number of rotatable bonds is 6. The Morgan fingerprint density at radius 2 is 1.67 bits per heavy atom. The molecule has 0 N–H and O–H groups in total. The van der Waals surface area contributed by atoms with Crippen molar-refractivity contribution in [3.05, 3.63) is 62.5 Å².